The van der Waals surface area contributed by atoms with Crippen molar-refractivity contribution in [1.82, 2.24) is 24.3 Å². The number of carbonyl (C=O) groups is 1. The highest BCUT2D eigenvalue weighted by molar-refractivity contribution is 5.95. The van der Waals surface area contributed by atoms with Gasteiger partial charge in [0.2, 0.25) is 11.7 Å². The van der Waals surface area contributed by atoms with Crippen molar-refractivity contribution in [2.45, 2.75) is 19.9 Å². The Bertz CT molecular complexity index is 1610. The number of rotatable bonds is 4. The molecule has 2 aromatic carbocycles. The number of aryl methyl sites for hydroxylation is 1. The molecule has 1 amide bonds. The minimum Gasteiger partial charge on any atom is -0.333 e. The van der Waals surface area contributed by atoms with E-state index in [1.165, 1.54) is 9.08 Å². The molecular weight excluding hydrogens is 432 g/mol. The summed E-state index contributed by atoms with van der Waals surface area (Å²) in [4.78, 5) is 32.2. The second-order valence-corrected chi connectivity index (χ2v) is 8.27. The van der Waals surface area contributed by atoms with Gasteiger partial charge < -0.3 is 9.42 Å². The molecule has 5 aromatic rings. The summed E-state index contributed by atoms with van der Waals surface area (Å²) >= 11 is 0. The Labute approximate surface area is 193 Å². The monoisotopic (exact) mass is 452 g/mol. The minimum absolute atomic E-state index is 0.160. The predicted octanol–water partition coefficient (Wildman–Crippen LogP) is 3.11. The first kappa shape index (κ1) is 20.1. The van der Waals surface area contributed by atoms with Crippen molar-refractivity contribution in [1.29, 1.82) is 0 Å². The molecule has 0 radical (unpaired) electrons. The molecule has 0 saturated heterocycles. The molecule has 0 fully saturated rings. The minimum atomic E-state index is -0.406. The Morgan fingerprint density at radius 2 is 1.97 bits per heavy atom. The number of hydrogen-bond acceptors (Lipinski definition) is 6. The summed E-state index contributed by atoms with van der Waals surface area (Å²) in [7, 11) is 0. The number of benzene rings is 2. The third-order valence-corrected chi connectivity index (χ3v) is 6.02. The van der Waals surface area contributed by atoms with Gasteiger partial charge in [0.05, 0.1) is 5.56 Å². The summed E-state index contributed by atoms with van der Waals surface area (Å²) in [5.74, 6) is 0.515. The molecule has 0 spiro atoms. The lowest BCUT2D eigenvalue weighted by atomic mass is 10.1. The van der Waals surface area contributed by atoms with E-state index in [0.717, 1.165) is 28.8 Å². The van der Waals surface area contributed by atoms with E-state index in [2.05, 4.69) is 15.2 Å². The van der Waals surface area contributed by atoms with Crippen molar-refractivity contribution >= 4 is 17.2 Å². The number of nitrogens with zero attached hydrogens (tertiary/aromatic N) is 6. The van der Waals surface area contributed by atoms with Gasteiger partial charge in [0.25, 0.3) is 5.89 Å². The van der Waals surface area contributed by atoms with E-state index in [4.69, 9.17) is 4.52 Å². The molecule has 4 heterocycles. The van der Waals surface area contributed by atoms with Crippen LogP contribution in [0.25, 0.3) is 28.5 Å². The number of carbonyl (C=O) groups excluding carboxylic acids is 1. The van der Waals surface area contributed by atoms with Crippen LogP contribution in [0.15, 0.2) is 76.2 Å². The first-order chi connectivity index (χ1) is 16.6. The topological polar surface area (TPSA) is 98.5 Å². The molecule has 0 aliphatic carbocycles. The van der Waals surface area contributed by atoms with Crippen LogP contribution in [0.2, 0.25) is 0 Å². The number of para-hydroxylation sites is 1. The lowest BCUT2D eigenvalue weighted by molar-refractivity contribution is -0.119. The summed E-state index contributed by atoms with van der Waals surface area (Å²) in [6.07, 6.45) is 2.41. The average molecular weight is 452 g/mol. The van der Waals surface area contributed by atoms with Crippen LogP contribution in [0.5, 0.6) is 0 Å². The number of pyridine rings is 1. The zero-order chi connectivity index (χ0) is 23.2. The second-order valence-electron chi connectivity index (χ2n) is 8.27. The lowest BCUT2D eigenvalue weighted by Gasteiger charge is -2.16. The first-order valence-electron chi connectivity index (χ1n) is 11.0. The second kappa shape index (κ2) is 7.80. The van der Waals surface area contributed by atoms with Crippen LogP contribution in [-0.2, 0) is 17.8 Å². The molecule has 0 unspecified atom stereocenters. The molecule has 168 valence electrons. The summed E-state index contributed by atoms with van der Waals surface area (Å²) in [5, 5.41) is 8.54. The van der Waals surface area contributed by atoms with Crippen LogP contribution in [0.1, 0.15) is 11.1 Å². The van der Waals surface area contributed by atoms with Crippen molar-refractivity contribution in [2.75, 3.05) is 11.4 Å². The van der Waals surface area contributed by atoms with E-state index < -0.39 is 5.69 Å². The fraction of sp³-hybridized carbons (Fsp3) is 0.160. The van der Waals surface area contributed by atoms with Gasteiger partial charge in [-0.3, -0.25) is 4.79 Å². The zero-order valence-electron chi connectivity index (χ0n) is 18.4. The lowest BCUT2D eigenvalue weighted by Crippen LogP contribution is -2.35. The van der Waals surface area contributed by atoms with Gasteiger partial charge in [-0.25, -0.2) is 13.9 Å². The maximum Gasteiger partial charge on any atom is 0.350 e. The molecule has 34 heavy (non-hydrogen) atoms. The maximum absolute atomic E-state index is 13.0. The third-order valence-electron chi connectivity index (χ3n) is 6.02. The third kappa shape index (κ3) is 3.29. The highest BCUT2D eigenvalue weighted by Gasteiger charge is 2.26. The normalized spacial score (nSPS) is 12.9. The van der Waals surface area contributed by atoms with E-state index in [-0.39, 0.29) is 18.3 Å². The molecule has 3 aromatic heterocycles. The van der Waals surface area contributed by atoms with Gasteiger partial charge in [-0.2, -0.15) is 4.98 Å². The van der Waals surface area contributed by atoms with E-state index in [1.54, 1.807) is 23.2 Å². The molecule has 0 atom stereocenters. The van der Waals surface area contributed by atoms with Gasteiger partial charge in [0.1, 0.15) is 6.54 Å². The first-order valence-corrected chi connectivity index (χ1v) is 11.0. The summed E-state index contributed by atoms with van der Waals surface area (Å²) < 4.78 is 8.07. The molecule has 6 rings (SSSR count). The fourth-order valence-corrected chi connectivity index (χ4v) is 4.35. The Balaban J connectivity index is 1.34. The van der Waals surface area contributed by atoms with Crippen LogP contribution in [-0.4, -0.2) is 36.8 Å². The molecule has 9 nitrogen and oxygen atoms in total. The molecule has 1 aliphatic rings. The number of hydrogen-bond donors (Lipinski definition) is 0. The van der Waals surface area contributed by atoms with E-state index in [0.29, 0.717) is 23.6 Å². The highest BCUT2D eigenvalue weighted by Crippen LogP contribution is 2.28. The van der Waals surface area contributed by atoms with Crippen LogP contribution < -0.4 is 10.6 Å². The molecule has 9 heteroatoms. The van der Waals surface area contributed by atoms with Crippen molar-refractivity contribution in [3.8, 4) is 22.8 Å². The van der Waals surface area contributed by atoms with Crippen LogP contribution in [0.3, 0.4) is 0 Å². The van der Waals surface area contributed by atoms with Gasteiger partial charge in [0.15, 0.2) is 5.65 Å². The van der Waals surface area contributed by atoms with Crippen LogP contribution in [0.4, 0.5) is 5.69 Å². The Kier molecular flexibility index (Phi) is 4.61. The standard InChI is InChI=1S/C25H20N6O3/c1-16-6-4-8-18(14-16)22-26-24(34-28-22)19-9-5-12-30-23(19)27-31(25(30)33)15-21(32)29-13-11-17-7-2-3-10-20(17)29/h2-10,12,14H,11,13,15H2,1H3. The molecule has 0 N–H and O–H groups in total. The largest absolute Gasteiger partial charge is 0.350 e. The number of anilines is 1. The van der Waals surface area contributed by atoms with E-state index in [9.17, 15) is 9.59 Å². The van der Waals surface area contributed by atoms with Crippen molar-refractivity contribution < 1.29 is 9.32 Å². The summed E-state index contributed by atoms with van der Waals surface area (Å²) in [5.41, 5.74) is 4.39. The molecular formula is C25H20N6O3. The van der Waals surface area contributed by atoms with Crippen molar-refractivity contribution in [2.24, 2.45) is 0 Å². The van der Waals surface area contributed by atoms with Crippen LogP contribution >= 0.6 is 0 Å². The van der Waals surface area contributed by atoms with Crippen molar-refractivity contribution in [3.63, 3.8) is 0 Å². The number of amides is 1. The van der Waals surface area contributed by atoms with E-state index >= 15 is 0 Å². The van der Waals surface area contributed by atoms with Crippen LogP contribution in [0, 0.1) is 6.92 Å². The fourth-order valence-electron chi connectivity index (χ4n) is 4.35. The maximum atomic E-state index is 13.0. The summed E-state index contributed by atoms with van der Waals surface area (Å²) in [6.45, 7) is 2.42. The zero-order valence-corrected chi connectivity index (χ0v) is 18.4. The van der Waals surface area contributed by atoms with Gasteiger partial charge in [-0.1, -0.05) is 47.1 Å². The van der Waals surface area contributed by atoms with Gasteiger partial charge in [-0.05, 0) is 43.2 Å². The van der Waals surface area contributed by atoms with Gasteiger partial charge in [0, 0.05) is 24.0 Å². The SMILES string of the molecule is Cc1cccc(-c2noc(-c3cccn4c(=O)n(CC(=O)N5CCc6ccccc65)nc34)n2)c1. The average Bonchev–Trinajstić information content (AvgIpc) is 3.57. The van der Waals surface area contributed by atoms with Crippen molar-refractivity contribution in [3.05, 3.63) is 88.5 Å². The van der Waals surface area contributed by atoms with E-state index in [1.807, 2.05) is 55.5 Å². The smallest absolute Gasteiger partial charge is 0.333 e. The molecule has 0 bridgehead atoms. The highest BCUT2D eigenvalue weighted by atomic mass is 16.5. The summed E-state index contributed by atoms with van der Waals surface area (Å²) in [6, 6.07) is 19.1. The number of aromatic nitrogens is 5. The Hall–Kier alpha value is -4.53. The number of fused-ring (bicyclic) bond motifs is 2. The quantitative estimate of drug-likeness (QED) is 0.416. The van der Waals surface area contributed by atoms with Gasteiger partial charge >= 0.3 is 5.69 Å². The molecule has 1 aliphatic heterocycles. The predicted molar refractivity (Wildman–Crippen MR) is 125 cm³/mol. The van der Waals surface area contributed by atoms with Gasteiger partial charge in [-0.15, -0.1) is 5.10 Å². The Morgan fingerprint density at radius 1 is 1.09 bits per heavy atom. The molecule has 0 saturated carbocycles. The Morgan fingerprint density at radius 3 is 2.85 bits per heavy atom.